The van der Waals surface area contributed by atoms with Crippen molar-refractivity contribution in [2.45, 2.75) is 63.1 Å². The number of aromatic nitrogens is 3. The van der Waals surface area contributed by atoms with Crippen molar-refractivity contribution in [3.8, 4) is 17.5 Å². The summed E-state index contributed by atoms with van der Waals surface area (Å²) < 4.78 is 17.6. The van der Waals surface area contributed by atoms with E-state index in [1.165, 1.54) is 6.33 Å². The van der Waals surface area contributed by atoms with Gasteiger partial charge in [0.1, 0.15) is 30.0 Å². The number of imide groups is 2. The van der Waals surface area contributed by atoms with Gasteiger partial charge in [0.25, 0.3) is 11.8 Å². The Balaban J connectivity index is 0.832. The van der Waals surface area contributed by atoms with Crippen LogP contribution in [0.1, 0.15) is 71.4 Å². The van der Waals surface area contributed by atoms with Crippen LogP contribution >= 0.6 is 0 Å². The highest BCUT2D eigenvalue weighted by atomic mass is 16.5. The molecule has 3 aromatic carbocycles. The first-order valence-electron chi connectivity index (χ1n) is 17.8. The van der Waals surface area contributed by atoms with Gasteiger partial charge in [-0.05, 0) is 60.0 Å². The quantitative estimate of drug-likeness (QED) is 0.225. The third-order valence-electron chi connectivity index (χ3n) is 10.4. The summed E-state index contributed by atoms with van der Waals surface area (Å²) in [5, 5.41) is 5.66. The zero-order chi connectivity index (χ0) is 36.7. The van der Waals surface area contributed by atoms with E-state index in [-0.39, 0.29) is 47.5 Å². The summed E-state index contributed by atoms with van der Waals surface area (Å²) in [7, 11) is 0. The number of hydrogen-bond acceptors (Lipinski definition) is 12. The molecule has 2 saturated heterocycles. The Morgan fingerprint density at radius 3 is 2.23 bits per heavy atom. The van der Waals surface area contributed by atoms with Crippen LogP contribution in [0.15, 0.2) is 73.1 Å². The van der Waals surface area contributed by atoms with Gasteiger partial charge in [0, 0.05) is 49.5 Å². The molecule has 0 radical (unpaired) electrons. The first kappa shape index (κ1) is 34.2. The summed E-state index contributed by atoms with van der Waals surface area (Å²) in [6, 6.07) is 20.6. The Morgan fingerprint density at radius 2 is 1.53 bits per heavy atom. The molecule has 53 heavy (non-hydrogen) atoms. The average molecular weight is 718 g/mol. The van der Waals surface area contributed by atoms with E-state index in [4.69, 9.17) is 14.2 Å². The van der Waals surface area contributed by atoms with Gasteiger partial charge in [0.15, 0.2) is 0 Å². The number of anilines is 2. The van der Waals surface area contributed by atoms with E-state index >= 15 is 0 Å². The second-order valence-electron chi connectivity index (χ2n) is 14.2. The maximum Gasteiger partial charge on any atom is 0.326 e. The highest BCUT2D eigenvalue weighted by molar-refractivity contribution is 6.23. The standard InChI is InChI=1S/C39H39N7O7/c1-39(2,24-5-10-28(11-6-24)53-38-41-22-40-37(44-38)45-15-17-51-18-16-45)23-3-8-27(9-4-23)52-29-19-26(20-29)42-25-7-12-30-31(21-25)36(50)46(35(30)49)32-13-14-33(47)43-34(32)48/h3-12,21-22,26,29,32,42H,13-20H2,1-2H3,(H,43,47,48). The molecule has 4 heterocycles. The summed E-state index contributed by atoms with van der Waals surface area (Å²) >= 11 is 0. The number of morpholine rings is 1. The molecule has 2 N–H and O–H groups in total. The fourth-order valence-corrected chi connectivity index (χ4v) is 7.17. The first-order chi connectivity index (χ1) is 25.6. The Hall–Kier alpha value is -5.89. The van der Waals surface area contributed by atoms with Gasteiger partial charge in [-0.15, -0.1) is 0 Å². The summed E-state index contributed by atoms with van der Waals surface area (Å²) in [6.45, 7) is 7.09. The largest absolute Gasteiger partial charge is 0.490 e. The molecule has 0 spiro atoms. The maximum atomic E-state index is 13.2. The molecule has 4 aliphatic rings. The van der Waals surface area contributed by atoms with Crippen LogP contribution < -0.4 is 25.0 Å². The molecule has 0 bridgehead atoms. The van der Waals surface area contributed by atoms with Gasteiger partial charge in [0.05, 0.1) is 24.3 Å². The van der Waals surface area contributed by atoms with Crippen molar-refractivity contribution < 1.29 is 33.4 Å². The lowest BCUT2D eigenvalue weighted by Crippen LogP contribution is -2.54. The first-order valence-corrected chi connectivity index (χ1v) is 17.8. The molecule has 1 saturated carbocycles. The van der Waals surface area contributed by atoms with Crippen LogP contribution in [-0.2, 0) is 19.7 Å². The molecule has 4 aromatic rings. The third kappa shape index (κ3) is 6.89. The van der Waals surface area contributed by atoms with Crippen LogP contribution in [0.25, 0.3) is 0 Å². The van der Waals surface area contributed by atoms with Crippen LogP contribution in [0.5, 0.6) is 17.5 Å². The molecule has 1 aliphatic carbocycles. The third-order valence-corrected chi connectivity index (χ3v) is 10.4. The zero-order valence-corrected chi connectivity index (χ0v) is 29.4. The Bertz CT molecular complexity index is 2060. The molecule has 272 valence electrons. The Morgan fingerprint density at radius 1 is 0.849 bits per heavy atom. The highest BCUT2D eigenvalue weighted by Gasteiger charge is 2.45. The van der Waals surface area contributed by atoms with E-state index in [1.54, 1.807) is 18.2 Å². The molecule has 1 atom stereocenters. The molecule has 4 amide bonds. The van der Waals surface area contributed by atoms with E-state index in [1.807, 2.05) is 24.3 Å². The van der Waals surface area contributed by atoms with E-state index < -0.39 is 29.7 Å². The fourth-order valence-electron chi connectivity index (χ4n) is 7.17. The predicted octanol–water partition coefficient (Wildman–Crippen LogP) is 4.25. The van der Waals surface area contributed by atoms with Crippen molar-refractivity contribution in [3.05, 3.63) is 95.3 Å². The second kappa shape index (κ2) is 13.9. The molecule has 3 aliphatic heterocycles. The van der Waals surface area contributed by atoms with Crippen LogP contribution in [-0.4, -0.2) is 88.0 Å². The van der Waals surface area contributed by atoms with Gasteiger partial charge in [-0.2, -0.15) is 9.97 Å². The fraction of sp³-hybridized carbons (Fsp3) is 0.359. The van der Waals surface area contributed by atoms with Crippen molar-refractivity contribution in [2.75, 3.05) is 36.5 Å². The SMILES string of the molecule is CC(C)(c1ccc(Oc2ncnc(N3CCOCC3)n2)cc1)c1ccc(OC2CC(Nc3ccc4c(c3)C(=O)N(C3CCC(=O)NC3=O)C4=O)C2)cc1. The van der Waals surface area contributed by atoms with Crippen LogP contribution in [0.4, 0.5) is 11.6 Å². The smallest absolute Gasteiger partial charge is 0.326 e. The molecule has 14 heteroatoms. The lowest BCUT2D eigenvalue weighted by molar-refractivity contribution is -0.136. The molecule has 1 aromatic heterocycles. The minimum Gasteiger partial charge on any atom is -0.490 e. The highest BCUT2D eigenvalue weighted by Crippen LogP contribution is 2.36. The molecular weight excluding hydrogens is 678 g/mol. The van der Waals surface area contributed by atoms with Gasteiger partial charge in [-0.1, -0.05) is 38.1 Å². The maximum absolute atomic E-state index is 13.2. The van der Waals surface area contributed by atoms with E-state index in [0.29, 0.717) is 30.6 Å². The van der Waals surface area contributed by atoms with Crippen molar-refractivity contribution in [3.63, 3.8) is 0 Å². The number of ether oxygens (including phenoxy) is 3. The van der Waals surface area contributed by atoms with Gasteiger partial charge in [-0.25, -0.2) is 4.98 Å². The van der Waals surface area contributed by atoms with Crippen molar-refractivity contribution in [1.29, 1.82) is 0 Å². The number of amides is 4. The minimum absolute atomic E-state index is 0.0360. The number of carbonyl (C=O) groups excluding carboxylic acids is 4. The summed E-state index contributed by atoms with van der Waals surface area (Å²) in [5.41, 5.74) is 3.21. The summed E-state index contributed by atoms with van der Waals surface area (Å²) in [4.78, 5) is 66.1. The number of nitrogens with zero attached hydrogens (tertiary/aromatic N) is 5. The predicted molar refractivity (Wildman–Crippen MR) is 192 cm³/mol. The molecular formula is C39H39N7O7. The van der Waals surface area contributed by atoms with E-state index in [9.17, 15) is 19.2 Å². The van der Waals surface area contributed by atoms with Gasteiger partial charge in [0.2, 0.25) is 17.8 Å². The monoisotopic (exact) mass is 717 g/mol. The number of benzene rings is 3. The molecule has 1 unspecified atom stereocenters. The summed E-state index contributed by atoms with van der Waals surface area (Å²) in [6.07, 6.45) is 3.24. The zero-order valence-electron chi connectivity index (χ0n) is 29.4. The minimum atomic E-state index is -0.988. The van der Waals surface area contributed by atoms with Gasteiger partial charge < -0.3 is 24.4 Å². The van der Waals surface area contributed by atoms with E-state index in [0.717, 1.165) is 47.7 Å². The van der Waals surface area contributed by atoms with Gasteiger partial charge >= 0.3 is 6.01 Å². The Labute approximate surface area is 305 Å². The Kier molecular flexibility index (Phi) is 8.98. The number of carbonyl (C=O) groups is 4. The molecule has 14 nitrogen and oxygen atoms in total. The van der Waals surface area contributed by atoms with Crippen LogP contribution in [0.3, 0.4) is 0 Å². The number of rotatable bonds is 10. The number of fused-ring (bicyclic) bond motifs is 1. The van der Waals surface area contributed by atoms with Crippen molar-refractivity contribution in [1.82, 2.24) is 25.2 Å². The lowest BCUT2D eigenvalue weighted by Gasteiger charge is -2.36. The second-order valence-corrected chi connectivity index (χ2v) is 14.2. The number of piperidine rings is 1. The summed E-state index contributed by atoms with van der Waals surface area (Å²) in [5.74, 6) is -0.0616. The van der Waals surface area contributed by atoms with Gasteiger partial charge in [-0.3, -0.25) is 29.4 Å². The van der Waals surface area contributed by atoms with Crippen molar-refractivity contribution in [2.24, 2.45) is 0 Å². The topological polar surface area (TPSA) is 165 Å². The van der Waals surface area contributed by atoms with Crippen LogP contribution in [0, 0.1) is 0 Å². The molecule has 8 rings (SSSR count). The van der Waals surface area contributed by atoms with Crippen molar-refractivity contribution >= 4 is 35.3 Å². The van der Waals surface area contributed by atoms with E-state index in [2.05, 4.69) is 68.6 Å². The number of nitrogens with one attached hydrogen (secondary N) is 2. The molecule has 3 fully saturated rings. The average Bonchev–Trinajstić information content (AvgIpc) is 3.39. The normalized spacial score (nSPS) is 21.5. The van der Waals surface area contributed by atoms with Crippen LogP contribution in [0.2, 0.25) is 0 Å². The number of hydrogen-bond donors (Lipinski definition) is 2. The lowest BCUT2D eigenvalue weighted by atomic mass is 9.78.